The van der Waals surface area contributed by atoms with Gasteiger partial charge in [-0.25, -0.2) is 0 Å². The zero-order valence-corrected chi connectivity index (χ0v) is 9.77. The van der Waals surface area contributed by atoms with Crippen LogP contribution >= 0.6 is 0 Å². The molecule has 0 fully saturated rings. The van der Waals surface area contributed by atoms with Crippen molar-refractivity contribution < 1.29 is 14.6 Å². The van der Waals surface area contributed by atoms with E-state index in [1.165, 1.54) is 0 Å². The van der Waals surface area contributed by atoms with Gasteiger partial charge in [-0.3, -0.25) is 0 Å². The maximum atomic E-state index is 8.99. The standard InChI is InChI=1S/C12H19NO3/c1-15-11-5-3-4-10(12(11)16-2)9(8-13)6-7-14/h3-5,9,14H,6-8,13H2,1-2H3. The van der Waals surface area contributed by atoms with Crippen LogP contribution in [0.2, 0.25) is 0 Å². The van der Waals surface area contributed by atoms with Gasteiger partial charge in [-0.1, -0.05) is 12.1 Å². The maximum Gasteiger partial charge on any atom is 0.164 e. The zero-order chi connectivity index (χ0) is 12.0. The van der Waals surface area contributed by atoms with Crippen LogP contribution < -0.4 is 15.2 Å². The van der Waals surface area contributed by atoms with Crippen LogP contribution in [0.15, 0.2) is 18.2 Å². The average Bonchev–Trinajstić information content (AvgIpc) is 2.34. The molecule has 0 radical (unpaired) electrons. The van der Waals surface area contributed by atoms with E-state index >= 15 is 0 Å². The Hall–Kier alpha value is -1.26. The van der Waals surface area contributed by atoms with Crippen molar-refractivity contribution >= 4 is 0 Å². The van der Waals surface area contributed by atoms with E-state index in [0.29, 0.717) is 24.5 Å². The van der Waals surface area contributed by atoms with E-state index in [2.05, 4.69) is 0 Å². The molecule has 0 amide bonds. The number of aliphatic hydroxyl groups excluding tert-OH is 1. The van der Waals surface area contributed by atoms with Crippen molar-refractivity contribution in [2.45, 2.75) is 12.3 Å². The normalized spacial score (nSPS) is 12.2. The van der Waals surface area contributed by atoms with Crippen LogP contribution in [-0.4, -0.2) is 32.5 Å². The van der Waals surface area contributed by atoms with Crippen molar-refractivity contribution in [1.29, 1.82) is 0 Å². The van der Waals surface area contributed by atoms with Gasteiger partial charge in [0, 0.05) is 18.1 Å². The first kappa shape index (κ1) is 12.8. The highest BCUT2D eigenvalue weighted by Crippen LogP contribution is 2.36. The summed E-state index contributed by atoms with van der Waals surface area (Å²) in [5.74, 6) is 1.49. The minimum Gasteiger partial charge on any atom is -0.493 e. The van der Waals surface area contributed by atoms with Crippen molar-refractivity contribution in [2.75, 3.05) is 27.4 Å². The van der Waals surface area contributed by atoms with E-state index in [-0.39, 0.29) is 12.5 Å². The van der Waals surface area contributed by atoms with Crippen LogP contribution in [0.4, 0.5) is 0 Å². The number of hydrogen-bond donors (Lipinski definition) is 2. The second kappa shape index (κ2) is 6.35. The summed E-state index contributed by atoms with van der Waals surface area (Å²) in [7, 11) is 3.21. The van der Waals surface area contributed by atoms with Gasteiger partial charge < -0.3 is 20.3 Å². The molecule has 1 aromatic rings. The fourth-order valence-corrected chi connectivity index (χ4v) is 1.79. The van der Waals surface area contributed by atoms with Gasteiger partial charge in [-0.05, 0) is 19.0 Å². The minimum atomic E-state index is 0.0926. The zero-order valence-electron chi connectivity index (χ0n) is 9.77. The summed E-state index contributed by atoms with van der Waals surface area (Å²) < 4.78 is 10.6. The molecule has 0 aliphatic carbocycles. The summed E-state index contributed by atoms with van der Waals surface area (Å²) in [5, 5.41) is 8.99. The lowest BCUT2D eigenvalue weighted by atomic mass is 9.95. The molecular formula is C12H19NO3. The topological polar surface area (TPSA) is 64.7 Å². The lowest BCUT2D eigenvalue weighted by molar-refractivity contribution is 0.274. The largest absolute Gasteiger partial charge is 0.493 e. The highest BCUT2D eigenvalue weighted by Gasteiger charge is 2.17. The fourth-order valence-electron chi connectivity index (χ4n) is 1.79. The van der Waals surface area contributed by atoms with Crippen LogP contribution in [0, 0.1) is 0 Å². The van der Waals surface area contributed by atoms with Crippen LogP contribution in [0.3, 0.4) is 0 Å². The molecular weight excluding hydrogens is 206 g/mol. The monoisotopic (exact) mass is 225 g/mol. The summed E-state index contributed by atoms with van der Waals surface area (Å²) in [6, 6.07) is 5.69. The van der Waals surface area contributed by atoms with E-state index in [1.54, 1.807) is 14.2 Å². The number of benzene rings is 1. The molecule has 0 heterocycles. The van der Waals surface area contributed by atoms with Gasteiger partial charge in [0.1, 0.15) is 0 Å². The molecule has 0 aliphatic rings. The highest BCUT2D eigenvalue weighted by atomic mass is 16.5. The molecule has 1 atom stereocenters. The van der Waals surface area contributed by atoms with Crippen molar-refractivity contribution in [1.82, 2.24) is 0 Å². The molecule has 1 rings (SSSR count). The number of para-hydroxylation sites is 1. The van der Waals surface area contributed by atoms with Gasteiger partial charge in [0.2, 0.25) is 0 Å². The van der Waals surface area contributed by atoms with Gasteiger partial charge in [0.15, 0.2) is 11.5 Å². The number of aliphatic hydroxyl groups is 1. The Kier molecular flexibility index (Phi) is 5.08. The third-order valence-electron chi connectivity index (χ3n) is 2.64. The first-order valence-corrected chi connectivity index (χ1v) is 5.30. The van der Waals surface area contributed by atoms with Crippen LogP contribution in [0.1, 0.15) is 17.9 Å². The number of hydrogen-bond acceptors (Lipinski definition) is 4. The predicted molar refractivity (Wildman–Crippen MR) is 63.0 cm³/mol. The Labute approximate surface area is 96.0 Å². The van der Waals surface area contributed by atoms with Gasteiger partial charge in [0.05, 0.1) is 14.2 Å². The molecule has 1 unspecified atom stereocenters. The second-order valence-electron chi connectivity index (χ2n) is 3.53. The van der Waals surface area contributed by atoms with Gasteiger partial charge in [0.25, 0.3) is 0 Å². The number of rotatable bonds is 6. The molecule has 0 spiro atoms. The molecule has 90 valence electrons. The molecule has 3 N–H and O–H groups in total. The lowest BCUT2D eigenvalue weighted by Crippen LogP contribution is -2.15. The predicted octanol–water partition coefficient (Wildman–Crippen LogP) is 1.13. The highest BCUT2D eigenvalue weighted by molar-refractivity contribution is 5.48. The third kappa shape index (κ3) is 2.65. The Morgan fingerprint density at radius 3 is 2.56 bits per heavy atom. The van der Waals surface area contributed by atoms with Crippen LogP contribution in [0.5, 0.6) is 11.5 Å². The van der Waals surface area contributed by atoms with E-state index in [4.69, 9.17) is 20.3 Å². The Morgan fingerprint density at radius 2 is 2.06 bits per heavy atom. The third-order valence-corrected chi connectivity index (χ3v) is 2.64. The first-order valence-electron chi connectivity index (χ1n) is 5.30. The molecule has 4 heteroatoms. The number of ether oxygens (including phenoxy) is 2. The maximum absolute atomic E-state index is 8.99. The summed E-state index contributed by atoms with van der Waals surface area (Å²) in [6.45, 7) is 0.590. The van der Waals surface area contributed by atoms with Crippen molar-refractivity contribution in [3.8, 4) is 11.5 Å². The summed E-state index contributed by atoms with van der Waals surface area (Å²) >= 11 is 0. The van der Waals surface area contributed by atoms with Gasteiger partial charge in [-0.2, -0.15) is 0 Å². The Bertz CT molecular complexity index is 328. The van der Waals surface area contributed by atoms with E-state index in [1.807, 2.05) is 18.2 Å². The number of nitrogens with two attached hydrogens (primary N) is 1. The molecule has 0 aliphatic heterocycles. The van der Waals surface area contributed by atoms with Crippen molar-refractivity contribution in [2.24, 2.45) is 5.73 Å². The smallest absolute Gasteiger partial charge is 0.164 e. The van der Waals surface area contributed by atoms with Gasteiger partial charge >= 0.3 is 0 Å². The molecule has 0 saturated heterocycles. The lowest BCUT2D eigenvalue weighted by Gasteiger charge is -2.19. The first-order chi connectivity index (χ1) is 7.78. The van der Waals surface area contributed by atoms with Crippen LogP contribution in [-0.2, 0) is 0 Å². The Morgan fingerprint density at radius 1 is 1.31 bits per heavy atom. The summed E-state index contributed by atoms with van der Waals surface area (Å²) in [5.41, 5.74) is 6.68. The Balaban J connectivity index is 3.09. The second-order valence-corrected chi connectivity index (χ2v) is 3.53. The molecule has 0 bridgehead atoms. The molecule has 1 aromatic carbocycles. The van der Waals surface area contributed by atoms with Crippen molar-refractivity contribution in [3.63, 3.8) is 0 Å². The van der Waals surface area contributed by atoms with E-state index in [9.17, 15) is 0 Å². The number of methoxy groups -OCH3 is 2. The van der Waals surface area contributed by atoms with Gasteiger partial charge in [-0.15, -0.1) is 0 Å². The van der Waals surface area contributed by atoms with Crippen LogP contribution in [0.25, 0.3) is 0 Å². The molecule has 16 heavy (non-hydrogen) atoms. The minimum absolute atomic E-state index is 0.0926. The molecule has 0 aromatic heterocycles. The SMILES string of the molecule is COc1cccc(C(CN)CCO)c1OC. The summed E-state index contributed by atoms with van der Waals surface area (Å²) in [6.07, 6.45) is 0.625. The van der Waals surface area contributed by atoms with E-state index in [0.717, 1.165) is 5.56 Å². The molecule has 0 saturated carbocycles. The summed E-state index contributed by atoms with van der Waals surface area (Å²) in [4.78, 5) is 0. The van der Waals surface area contributed by atoms with Crippen molar-refractivity contribution in [3.05, 3.63) is 23.8 Å². The average molecular weight is 225 g/mol. The molecule has 4 nitrogen and oxygen atoms in total. The quantitative estimate of drug-likeness (QED) is 0.761. The van der Waals surface area contributed by atoms with E-state index < -0.39 is 0 Å². The fraction of sp³-hybridized carbons (Fsp3) is 0.500.